The molecule has 14 heavy (non-hydrogen) atoms. The highest BCUT2D eigenvalue weighted by Crippen LogP contribution is 2.15. The molecule has 0 spiro atoms. The second-order valence-corrected chi connectivity index (χ2v) is 2.70. The third kappa shape index (κ3) is 3.32. The molecule has 0 bridgehead atoms. The maximum absolute atomic E-state index is 13.0. The maximum Gasteiger partial charge on any atom is 0.221 e. The van der Waals surface area contributed by atoms with Gasteiger partial charge in [-0.3, -0.25) is 4.79 Å². The van der Waals surface area contributed by atoms with Crippen molar-refractivity contribution in [3.63, 3.8) is 0 Å². The van der Waals surface area contributed by atoms with Crippen LogP contribution < -0.4 is 11.1 Å². The molecule has 0 aliphatic heterocycles. The number of nitrogens with two attached hydrogens (primary N) is 1. The van der Waals surface area contributed by atoms with Crippen molar-refractivity contribution in [1.29, 1.82) is 0 Å². The number of carbonyl (C=O) groups is 1. The Labute approximate surface area is 87.9 Å². The molecule has 1 aromatic carbocycles. The van der Waals surface area contributed by atoms with E-state index in [1.807, 2.05) is 0 Å². The lowest BCUT2D eigenvalue weighted by Crippen LogP contribution is -2.08. The summed E-state index contributed by atoms with van der Waals surface area (Å²) in [5.41, 5.74) is 6.32. The first-order valence-electron chi connectivity index (χ1n) is 3.89. The van der Waals surface area contributed by atoms with Gasteiger partial charge in [-0.15, -0.1) is 12.4 Å². The van der Waals surface area contributed by atoms with Crippen LogP contribution in [-0.4, -0.2) is 5.91 Å². The quantitative estimate of drug-likeness (QED) is 0.794. The topological polar surface area (TPSA) is 55.1 Å². The number of amides is 1. The Hall–Kier alpha value is -1.13. The molecule has 0 heterocycles. The summed E-state index contributed by atoms with van der Waals surface area (Å²) in [5.74, 6) is -0.750. The predicted octanol–water partition coefficient (Wildman–Crippen LogP) is 1.66. The summed E-state index contributed by atoms with van der Waals surface area (Å²) in [7, 11) is 0. The molecular formula is C9H12ClFN2O. The van der Waals surface area contributed by atoms with Gasteiger partial charge in [-0.25, -0.2) is 4.39 Å². The number of hydrogen-bond acceptors (Lipinski definition) is 2. The molecule has 0 aliphatic carbocycles. The first-order chi connectivity index (χ1) is 6.13. The van der Waals surface area contributed by atoms with Crippen LogP contribution in [0.15, 0.2) is 18.2 Å². The van der Waals surface area contributed by atoms with Crippen LogP contribution in [0.2, 0.25) is 0 Å². The van der Waals surface area contributed by atoms with Crippen LogP contribution in [0.5, 0.6) is 0 Å². The summed E-state index contributed by atoms with van der Waals surface area (Å²) in [4.78, 5) is 10.7. The van der Waals surface area contributed by atoms with Crippen molar-refractivity contribution in [3.8, 4) is 0 Å². The second-order valence-electron chi connectivity index (χ2n) is 2.70. The molecule has 3 nitrogen and oxygen atoms in total. The lowest BCUT2D eigenvalue weighted by molar-refractivity contribution is -0.114. The fourth-order valence-corrected chi connectivity index (χ4v) is 0.985. The summed E-state index contributed by atoms with van der Waals surface area (Å²) in [6, 6.07) is 4.39. The zero-order valence-corrected chi connectivity index (χ0v) is 8.53. The van der Waals surface area contributed by atoms with Gasteiger partial charge in [0.2, 0.25) is 5.91 Å². The lowest BCUT2D eigenvalue weighted by atomic mass is 10.2. The minimum atomic E-state index is -0.451. The molecule has 0 atom stereocenters. The van der Waals surface area contributed by atoms with Crippen molar-refractivity contribution in [2.24, 2.45) is 5.73 Å². The van der Waals surface area contributed by atoms with E-state index in [4.69, 9.17) is 5.73 Å². The van der Waals surface area contributed by atoms with Crippen LogP contribution in [0.25, 0.3) is 0 Å². The van der Waals surface area contributed by atoms with Crippen LogP contribution in [0.4, 0.5) is 10.1 Å². The highest BCUT2D eigenvalue weighted by Gasteiger charge is 2.03. The summed E-state index contributed by atoms with van der Waals surface area (Å²) >= 11 is 0. The molecule has 0 unspecified atom stereocenters. The zero-order valence-electron chi connectivity index (χ0n) is 7.71. The molecule has 0 aliphatic rings. The summed E-state index contributed by atoms with van der Waals surface area (Å²) in [6.07, 6.45) is 0. The number of hydrogen-bond donors (Lipinski definition) is 2. The summed E-state index contributed by atoms with van der Waals surface area (Å²) in [6.45, 7) is 1.65. The fourth-order valence-electron chi connectivity index (χ4n) is 0.985. The Bertz CT molecular complexity index is 331. The minimum absolute atomic E-state index is 0. The maximum atomic E-state index is 13.0. The molecule has 1 rings (SSSR count). The predicted molar refractivity (Wildman–Crippen MR) is 55.8 cm³/mol. The van der Waals surface area contributed by atoms with E-state index >= 15 is 0 Å². The number of anilines is 1. The van der Waals surface area contributed by atoms with E-state index < -0.39 is 5.82 Å². The van der Waals surface area contributed by atoms with Gasteiger partial charge >= 0.3 is 0 Å². The summed E-state index contributed by atoms with van der Waals surface area (Å²) in [5, 5.41) is 2.38. The van der Waals surface area contributed by atoms with E-state index in [1.54, 1.807) is 6.07 Å². The van der Waals surface area contributed by atoms with Gasteiger partial charge in [-0.1, -0.05) is 6.07 Å². The van der Waals surface area contributed by atoms with Crippen molar-refractivity contribution < 1.29 is 9.18 Å². The van der Waals surface area contributed by atoms with Gasteiger partial charge in [-0.05, 0) is 17.7 Å². The van der Waals surface area contributed by atoms with E-state index in [9.17, 15) is 9.18 Å². The highest BCUT2D eigenvalue weighted by molar-refractivity contribution is 5.88. The smallest absolute Gasteiger partial charge is 0.221 e. The Morgan fingerprint density at radius 3 is 2.71 bits per heavy atom. The number of nitrogens with one attached hydrogen (secondary N) is 1. The third-order valence-corrected chi connectivity index (χ3v) is 1.58. The van der Waals surface area contributed by atoms with Gasteiger partial charge in [0.15, 0.2) is 0 Å². The van der Waals surface area contributed by atoms with E-state index in [0.717, 1.165) is 5.56 Å². The molecule has 0 saturated heterocycles. The Morgan fingerprint density at radius 2 is 2.21 bits per heavy atom. The van der Waals surface area contributed by atoms with Crippen molar-refractivity contribution >= 4 is 24.0 Å². The van der Waals surface area contributed by atoms with Crippen molar-refractivity contribution in [2.45, 2.75) is 13.5 Å². The number of benzene rings is 1. The number of rotatable bonds is 2. The molecule has 1 amide bonds. The Kier molecular flexibility index (Phi) is 5.12. The Balaban J connectivity index is 0.00000169. The lowest BCUT2D eigenvalue weighted by Gasteiger charge is -2.05. The largest absolute Gasteiger partial charge is 0.326 e. The zero-order chi connectivity index (χ0) is 9.84. The first-order valence-corrected chi connectivity index (χ1v) is 3.89. The molecule has 0 fully saturated rings. The number of halogens is 2. The second kappa shape index (κ2) is 5.57. The van der Waals surface area contributed by atoms with Crippen LogP contribution in [0.3, 0.4) is 0 Å². The minimum Gasteiger partial charge on any atom is -0.326 e. The normalized spacial score (nSPS) is 9.07. The molecule has 3 N–H and O–H groups in total. The van der Waals surface area contributed by atoms with Gasteiger partial charge in [0.25, 0.3) is 0 Å². The molecule has 0 radical (unpaired) electrons. The van der Waals surface area contributed by atoms with Gasteiger partial charge in [0.1, 0.15) is 5.82 Å². The van der Waals surface area contributed by atoms with Crippen molar-refractivity contribution in [1.82, 2.24) is 0 Å². The standard InChI is InChI=1S/C9H11FN2O.ClH/c1-6(13)12-9-4-7(5-11)2-3-8(9)10;/h2-4H,5,11H2,1H3,(H,12,13);1H. The van der Waals surface area contributed by atoms with Crippen LogP contribution >= 0.6 is 12.4 Å². The van der Waals surface area contributed by atoms with Crippen molar-refractivity contribution in [2.75, 3.05) is 5.32 Å². The SMILES string of the molecule is CC(=O)Nc1cc(CN)ccc1F.Cl. The van der Waals surface area contributed by atoms with E-state index in [2.05, 4.69) is 5.32 Å². The third-order valence-electron chi connectivity index (χ3n) is 1.58. The van der Waals surface area contributed by atoms with Gasteiger partial charge < -0.3 is 11.1 Å². The Morgan fingerprint density at radius 1 is 1.57 bits per heavy atom. The fraction of sp³-hybridized carbons (Fsp3) is 0.222. The van der Waals surface area contributed by atoms with Crippen LogP contribution in [-0.2, 0) is 11.3 Å². The average molecular weight is 219 g/mol. The molecule has 78 valence electrons. The highest BCUT2D eigenvalue weighted by atomic mass is 35.5. The van der Waals surface area contributed by atoms with Gasteiger partial charge in [0.05, 0.1) is 5.69 Å². The van der Waals surface area contributed by atoms with E-state index in [-0.39, 0.29) is 24.0 Å². The number of carbonyl (C=O) groups excluding carboxylic acids is 1. The molecular weight excluding hydrogens is 207 g/mol. The van der Waals surface area contributed by atoms with Crippen LogP contribution in [0, 0.1) is 5.82 Å². The van der Waals surface area contributed by atoms with Crippen molar-refractivity contribution in [3.05, 3.63) is 29.6 Å². The average Bonchev–Trinajstić information content (AvgIpc) is 2.08. The molecule has 1 aromatic rings. The molecule has 0 aromatic heterocycles. The molecule has 5 heteroatoms. The molecule has 0 saturated carbocycles. The van der Waals surface area contributed by atoms with E-state index in [1.165, 1.54) is 19.1 Å². The first kappa shape index (κ1) is 12.9. The van der Waals surface area contributed by atoms with Gasteiger partial charge in [-0.2, -0.15) is 0 Å². The van der Waals surface area contributed by atoms with Gasteiger partial charge in [0, 0.05) is 13.5 Å². The van der Waals surface area contributed by atoms with E-state index in [0.29, 0.717) is 6.54 Å². The summed E-state index contributed by atoms with van der Waals surface area (Å²) < 4.78 is 13.0. The monoisotopic (exact) mass is 218 g/mol. The van der Waals surface area contributed by atoms with Crippen LogP contribution in [0.1, 0.15) is 12.5 Å².